The summed E-state index contributed by atoms with van der Waals surface area (Å²) in [5.74, 6) is -1.32. The molecule has 2 amide bonds. The molecule has 20 heavy (non-hydrogen) atoms. The second kappa shape index (κ2) is 5.92. The highest BCUT2D eigenvalue weighted by Crippen LogP contribution is 2.20. The number of amides is 2. The molecular weight excluding hydrogens is 261 g/mol. The molecule has 0 unspecified atom stereocenters. The summed E-state index contributed by atoms with van der Waals surface area (Å²) < 4.78 is 13.5. The minimum absolute atomic E-state index is 0.0153. The van der Waals surface area contributed by atoms with Gasteiger partial charge in [0.1, 0.15) is 5.82 Å². The summed E-state index contributed by atoms with van der Waals surface area (Å²) in [6, 6.07) is 7.19. The quantitative estimate of drug-likeness (QED) is 0.902. The summed E-state index contributed by atoms with van der Waals surface area (Å²) in [5, 5.41) is 4.95. The van der Waals surface area contributed by atoms with E-state index in [1.807, 2.05) is 0 Å². The van der Waals surface area contributed by atoms with Crippen LogP contribution in [-0.2, 0) is 4.79 Å². The number of carbonyl (C=O) groups is 2. The maximum Gasteiger partial charge on any atom is 0.257 e. The predicted molar refractivity (Wildman–Crippen MR) is 72.9 cm³/mol. The number of nitrogens with zero attached hydrogens (tertiary/aromatic N) is 1. The molecule has 0 saturated carbocycles. The fourth-order valence-corrected chi connectivity index (χ4v) is 1.59. The predicted octanol–water partition coefficient (Wildman–Crippen LogP) is 2.43. The molecule has 1 aromatic heterocycles. The molecule has 0 fully saturated rings. The first-order valence-corrected chi connectivity index (χ1v) is 5.85. The van der Waals surface area contributed by atoms with Gasteiger partial charge in [-0.3, -0.25) is 14.6 Å². The van der Waals surface area contributed by atoms with Crippen LogP contribution in [0.4, 0.5) is 15.8 Å². The van der Waals surface area contributed by atoms with Crippen LogP contribution >= 0.6 is 0 Å². The van der Waals surface area contributed by atoms with Gasteiger partial charge in [0, 0.05) is 25.0 Å². The molecule has 6 heteroatoms. The van der Waals surface area contributed by atoms with Crippen molar-refractivity contribution in [3.05, 3.63) is 54.1 Å². The lowest BCUT2D eigenvalue weighted by atomic mass is 10.2. The lowest BCUT2D eigenvalue weighted by molar-refractivity contribution is -0.114. The Bertz CT molecular complexity index is 644. The van der Waals surface area contributed by atoms with E-state index in [4.69, 9.17) is 0 Å². The number of nitrogens with one attached hydrogen (secondary N) is 2. The Morgan fingerprint density at radius 3 is 2.65 bits per heavy atom. The van der Waals surface area contributed by atoms with Crippen LogP contribution in [0.3, 0.4) is 0 Å². The number of rotatable bonds is 3. The fourth-order valence-electron chi connectivity index (χ4n) is 1.59. The largest absolute Gasteiger partial charge is 0.324 e. The van der Waals surface area contributed by atoms with Crippen LogP contribution in [0.2, 0.25) is 0 Å². The van der Waals surface area contributed by atoms with Gasteiger partial charge in [0.2, 0.25) is 5.91 Å². The zero-order chi connectivity index (χ0) is 14.5. The van der Waals surface area contributed by atoms with Crippen LogP contribution in [0.15, 0.2) is 42.7 Å². The summed E-state index contributed by atoms with van der Waals surface area (Å²) in [6.07, 6.45) is 2.98. The minimum Gasteiger partial charge on any atom is -0.324 e. The Morgan fingerprint density at radius 1 is 1.20 bits per heavy atom. The summed E-state index contributed by atoms with van der Waals surface area (Å²) in [7, 11) is 0. The molecule has 1 aromatic carbocycles. The smallest absolute Gasteiger partial charge is 0.257 e. The van der Waals surface area contributed by atoms with Crippen molar-refractivity contribution in [1.82, 2.24) is 4.98 Å². The molecule has 0 bridgehead atoms. The van der Waals surface area contributed by atoms with E-state index in [1.54, 1.807) is 18.3 Å². The van der Waals surface area contributed by atoms with E-state index in [9.17, 15) is 14.0 Å². The van der Waals surface area contributed by atoms with Crippen molar-refractivity contribution in [3.63, 3.8) is 0 Å². The van der Waals surface area contributed by atoms with Gasteiger partial charge in [0.25, 0.3) is 5.91 Å². The summed E-state index contributed by atoms with van der Waals surface area (Å²) >= 11 is 0. The average Bonchev–Trinajstić information content (AvgIpc) is 2.43. The van der Waals surface area contributed by atoms with E-state index in [-0.39, 0.29) is 17.5 Å². The topological polar surface area (TPSA) is 71.1 Å². The number of halogens is 1. The molecule has 0 radical (unpaired) electrons. The highest BCUT2D eigenvalue weighted by atomic mass is 19.1. The number of hydrogen-bond acceptors (Lipinski definition) is 3. The lowest BCUT2D eigenvalue weighted by Crippen LogP contribution is -2.13. The lowest BCUT2D eigenvalue weighted by Gasteiger charge is -2.08. The zero-order valence-electron chi connectivity index (χ0n) is 10.7. The number of carbonyl (C=O) groups excluding carboxylic acids is 2. The van der Waals surface area contributed by atoms with Gasteiger partial charge in [-0.15, -0.1) is 0 Å². The van der Waals surface area contributed by atoms with Crippen LogP contribution in [0.25, 0.3) is 0 Å². The van der Waals surface area contributed by atoms with Gasteiger partial charge >= 0.3 is 0 Å². The summed E-state index contributed by atoms with van der Waals surface area (Å²) in [6.45, 7) is 1.28. The zero-order valence-corrected chi connectivity index (χ0v) is 10.7. The Hall–Kier alpha value is -2.76. The fraction of sp³-hybridized carbons (Fsp3) is 0.0714. The van der Waals surface area contributed by atoms with E-state index in [0.29, 0.717) is 11.3 Å². The molecule has 0 atom stereocenters. The number of aromatic nitrogens is 1. The summed E-state index contributed by atoms with van der Waals surface area (Å²) in [5.41, 5.74) is 0.781. The molecule has 0 spiro atoms. The molecule has 5 nitrogen and oxygen atoms in total. The van der Waals surface area contributed by atoms with Crippen LogP contribution in [0.5, 0.6) is 0 Å². The first kappa shape index (κ1) is 13.7. The van der Waals surface area contributed by atoms with Gasteiger partial charge in [-0.05, 0) is 30.3 Å². The van der Waals surface area contributed by atoms with Crippen LogP contribution < -0.4 is 10.6 Å². The van der Waals surface area contributed by atoms with Crippen molar-refractivity contribution < 1.29 is 14.0 Å². The highest BCUT2D eigenvalue weighted by Gasteiger charge is 2.09. The van der Waals surface area contributed by atoms with Gasteiger partial charge in [-0.25, -0.2) is 4.39 Å². The van der Waals surface area contributed by atoms with E-state index < -0.39 is 5.82 Å². The van der Waals surface area contributed by atoms with Crippen LogP contribution in [-0.4, -0.2) is 16.8 Å². The third-order valence-electron chi connectivity index (χ3n) is 2.46. The van der Waals surface area contributed by atoms with Crippen molar-refractivity contribution in [3.8, 4) is 0 Å². The Balaban J connectivity index is 2.18. The van der Waals surface area contributed by atoms with Crippen molar-refractivity contribution >= 4 is 23.2 Å². The monoisotopic (exact) mass is 273 g/mol. The van der Waals surface area contributed by atoms with Crippen molar-refractivity contribution in [2.24, 2.45) is 0 Å². The minimum atomic E-state index is -0.570. The molecule has 0 aliphatic heterocycles. The van der Waals surface area contributed by atoms with E-state index in [1.165, 1.54) is 31.3 Å². The number of hydrogen-bond donors (Lipinski definition) is 2. The van der Waals surface area contributed by atoms with Gasteiger partial charge in [0.15, 0.2) is 0 Å². The van der Waals surface area contributed by atoms with E-state index in [0.717, 1.165) is 0 Å². The maximum atomic E-state index is 13.5. The van der Waals surface area contributed by atoms with Gasteiger partial charge in [0.05, 0.1) is 11.3 Å². The standard InChI is InChI=1S/C14H12FN3O2/c1-9(19)17-13-7-11(4-5-12(13)15)18-14(20)10-3-2-6-16-8-10/h2-8H,1H3,(H,17,19)(H,18,20). The number of anilines is 2. The molecule has 0 aliphatic carbocycles. The maximum absolute atomic E-state index is 13.5. The first-order valence-electron chi connectivity index (χ1n) is 5.85. The Labute approximate surface area is 114 Å². The molecule has 2 N–H and O–H groups in total. The molecule has 0 aliphatic rings. The molecule has 0 saturated heterocycles. The Kier molecular flexibility index (Phi) is 4.05. The van der Waals surface area contributed by atoms with Crippen LogP contribution in [0.1, 0.15) is 17.3 Å². The Morgan fingerprint density at radius 2 is 2.00 bits per heavy atom. The van der Waals surface area contributed by atoms with E-state index in [2.05, 4.69) is 15.6 Å². The van der Waals surface area contributed by atoms with E-state index >= 15 is 0 Å². The molecule has 1 heterocycles. The van der Waals surface area contributed by atoms with Gasteiger partial charge < -0.3 is 10.6 Å². The van der Waals surface area contributed by atoms with Gasteiger partial charge in [-0.1, -0.05) is 0 Å². The first-order chi connectivity index (χ1) is 9.56. The molecule has 2 rings (SSSR count). The third kappa shape index (κ3) is 3.38. The second-order valence-electron chi connectivity index (χ2n) is 4.07. The normalized spacial score (nSPS) is 9.90. The number of pyridine rings is 1. The molecule has 2 aromatic rings. The third-order valence-corrected chi connectivity index (χ3v) is 2.46. The highest BCUT2D eigenvalue weighted by molar-refractivity contribution is 6.04. The van der Waals surface area contributed by atoms with Crippen LogP contribution in [0, 0.1) is 5.82 Å². The molecule has 102 valence electrons. The number of benzene rings is 1. The van der Waals surface area contributed by atoms with Crippen molar-refractivity contribution in [2.75, 3.05) is 10.6 Å². The summed E-state index contributed by atoms with van der Waals surface area (Å²) in [4.78, 5) is 26.7. The SMILES string of the molecule is CC(=O)Nc1cc(NC(=O)c2cccnc2)ccc1F. The average molecular weight is 273 g/mol. The van der Waals surface area contributed by atoms with Gasteiger partial charge in [-0.2, -0.15) is 0 Å². The van der Waals surface area contributed by atoms with Crippen molar-refractivity contribution in [1.29, 1.82) is 0 Å². The second-order valence-corrected chi connectivity index (χ2v) is 4.07. The van der Waals surface area contributed by atoms with Crippen molar-refractivity contribution in [2.45, 2.75) is 6.92 Å². The molecular formula is C14H12FN3O2.